The number of hydrogen-bond donors (Lipinski definition) is 1. The molecule has 1 aliphatic carbocycles. The molecule has 1 aromatic rings. The maximum absolute atomic E-state index is 12.8. The van der Waals surface area contributed by atoms with Crippen LogP contribution in [0.15, 0.2) is 30.3 Å². The van der Waals surface area contributed by atoms with Crippen LogP contribution in [0.2, 0.25) is 0 Å². The van der Waals surface area contributed by atoms with Gasteiger partial charge in [-0.25, -0.2) is 5.84 Å². The summed E-state index contributed by atoms with van der Waals surface area (Å²) in [4.78, 5) is 36.8. The van der Waals surface area contributed by atoms with Crippen LogP contribution in [0.3, 0.4) is 0 Å². The lowest BCUT2D eigenvalue weighted by Crippen LogP contribution is -2.43. The predicted molar refractivity (Wildman–Crippen MR) is 120 cm³/mol. The zero-order chi connectivity index (χ0) is 21.8. The number of ketones is 2. The van der Waals surface area contributed by atoms with Crippen molar-refractivity contribution >= 4 is 17.5 Å². The Labute approximate surface area is 181 Å². The van der Waals surface area contributed by atoms with Crippen LogP contribution < -0.4 is 5.84 Å². The van der Waals surface area contributed by atoms with Gasteiger partial charge in [0.05, 0.1) is 0 Å². The highest BCUT2D eigenvalue weighted by atomic mass is 16.2. The van der Waals surface area contributed by atoms with E-state index in [1.807, 2.05) is 30.3 Å². The Morgan fingerprint density at radius 1 is 1.07 bits per heavy atom. The van der Waals surface area contributed by atoms with Crippen LogP contribution in [0, 0.1) is 11.8 Å². The van der Waals surface area contributed by atoms with E-state index in [1.54, 1.807) is 0 Å². The van der Waals surface area contributed by atoms with Crippen molar-refractivity contribution in [2.75, 3.05) is 6.54 Å². The second kappa shape index (κ2) is 13.3. The summed E-state index contributed by atoms with van der Waals surface area (Å²) >= 11 is 0. The molecule has 5 heteroatoms. The highest BCUT2D eigenvalue weighted by molar-refractivity contribution is 5.86. The van der Waals surface area contributed by atoms with Gasteiger partial charge in [-0.05, 0) is 37.7 Å². The minimum atomic E-state index is -0.509. The maximum Gasteiger partial charge on any atom is 0.240 e. The molecule has 5 nitrogen and oxygen atoms in total. The smallest absolute Gasteiger partial charge is 0.240 e. The number of hydrogen-bond acceptors (Lipinski definition) is 4. The highest BCUT2D eigenvalue weighted by Gasteiger charge is 2.25. The summed E-state index contributed by atoms with van der Waals surface area (Å²) in [6.07, 6.45) is 10.8. The first-order valence-corrected chi connectivity index (χ1v) is 11.6. The van der Waals surface area contributed by atoms with Crippen molar-refractivity contribution in [1.82, 2.24) is 5.01 Å². The molecule has 1 amide bonds. The Balaban J connectivity index is 1.75. The average molecular weight is 415 g/mol. The second-order valence-electron chi connectivity index (χ2n) is 8.84. The van der Waals surface area contributed by atoms with Gasteiger partial charge in [0.1, 0.15) is 11.6 Å². The van der Waals surface area contributed by atoms with E-state index in [1.165, 1.54) is 44.0 Å². The van der Waals surface area contributed by atoms with Crippen molar-refractivity contribution < 1.29 is 14.4 Å². The van der Waals surface area contributed by atoms with E-state index in [4.69, 9.17) is 5.84 Å². The first-order chi connectivity index (χ1) is 14.5. The maximum atomic E-state index is 12.8. The first kappa shape index (κ1) is 24.3. The second-order valence-corrected chi connectivity index (χ2v) is 8.84. The molecule has 1 saturated carbocycles. The number of Topliss-reactive ketones (excluding diaryl/α,β-unsaturated/α-hetero) is 2. The van der Waals surface area contributed by atoms with Crippen LogP contribution in [0.25, 0.3) is 0 Å². The molecule has 30 heavy (non-hydrogen) atoms. The quantitative estimate of drug-likeness (QED) is 0.290. The fraction of sp³-hybridized carbons (Fsp3) is 0.640. The zero-order valence-corrected chi connectivity index (χ0v) is 18.5. The third-order valence-corrected chi connectivity index (χ3v) is 6.21. The number of benzene rings is 1. The van der Waals surface area contributed by atoms with Crippen LogP contribution >= 0.6 is 0 Å². The molecule has 1 aromatic carbocycles. The lowest BCUT2D eigenvalue weighted by atomic mass is 9.85. The molecule has 0 heterocycles. The molecule has 0 unspecified atom stereocenters. The van der Waals surface area contributed by atoms with E-state index in [0.717, 1.165) is 24.3 Å². The number of nitrogens with two attached hydrogens (primary N) is 1. The normalized spacial score (nSPS) is 15.5. The van der Waals surface area contributed by atoms with Crippen molar-refractivity contribution in [2.45, 2.75) is 84.0 Å². The molecule has 0 aromatic heterocycles. The molecule has 0 spiro atoms. The van der Waals surface area contributed by atoms with Gasteiger partial charge in [-0.1, -0.05) is 68.9 Å². The van der Waals surface area contributed by atoms with Gasteiger partial charge < -0.3 is 4.79 Å². The molecule has 166 valence electrons. The molecule has 2 rings (SSSR count). The van der Waals surface area contributed by atoms with Gasteiger partial charge in [0, 0.05) is 31.7 Å². The fourth-order valence-corrected chi connectivity index (χ4v) is 4.42. The standard InChI is InChI=1S/C25H38N2O3/c1-20(28)19-23(25(30)27(26)18-17-22-11-6-3-7-12-22)15-16-24(29)14-8-13-21-9-4-2-5-10-21/h3,6-7,11-12,21,23H,2,4-5,8-10,13-19,26H2,1H3/t23-/m0/s1. The van der Waals surface area contributed by atoms with Gasteiger partial charge in [-0.15, -0.1) is 0 Å². The lowest BCUT2D eigenvalue weighted by Gasteiger charge is -2.23. The van der Waals surface area contributed by atoms with E-state index in [9.17, 15) is 14.4 Å². The van der Waals surface area contributed by atoms with Crippen LogP contribution in [0.5, 0.6) is 0 Å². The molecule has 0 radical (unpaired) electrons. The number of nitrogens with zero attached hydrogens (tertiary/aromatic N) is 1. The van der Waals surface area contributed by atoms with E-state index in [0.29, 0.717) is 32.2 Å². The number of carbonyl (C=O) groups is 3. The zero-order valence-electron chi connectivity index (χ0n) is 18.5. The van der Waals surface area contributed by atoms with Crippen LogP contribution in [0.1, 0.15) is 83.1 Å². The SMILES string of the molecule is CC(=O)C[C@H](CCC(=O)CCCC1CCCCC1)C(=O)N(N)CCc1ccccc1. The van der Waals surface area contributed by atoms with Gasteiger partial charge in [-0.3, -0.25) is 14.6 Å². The Morgan fingerprint density at radius 2 is 1.77 bits per heavy atom. The molecular weight excluding hydrogens is 376 g/mol. The topological polar surface area (TPSA) is 80.5 Å². The third kappa shape index (κ3) is 9.21. The molecule has 0 saturated heterocycles. The van der Waals surface area contributed by atoms with E-state index < -0.39 is 5.92 Å². The molecular formula is C25H38N2O3. The van der Waals surface area contributed by atoms with Crippen LogP contribution in [-0.4, -0.2) is 29.0 Å². The Hall–Kier alpha value is -2.01. The van der Waals surface area contributed by atoms with Gasteiger partial charge in [0.15, 0.2) is 0 Å². The highest BCUT2D eigenvalue weighted by Crippen LogP contribution is 2.28. The summed E-state index contributed by atoms with van der Waals surface area (Å²) < 4.78 is 0. The van der Waals surface area contributed by atoms with E-state index in [2.05, 4.69) is 0 Å². The third-order valence-electron chi connectivity index (χ3n) is 6.21. The van der Waals surface area contributed by atoms with Crippen molar-refractivity contribution in [1.29, 1.82) is 0 Å². The van der Waals surface area contributed by atoms with Gasteiger partial charge in [-0.2, -0.15) is 0 Å². The molecule has 0 bridgehead atoms. The van der Waals surface area contributed by atoms with Gasteiger partial charge in [0.2, 0.25) is 5.91 Å². The van der Waals surface area contributed by atoms with Crippen LogP contribution in [-0.2, 0) is 20.8 Å². The number of amides is 1. The van der Waals surface area contributed by atoms with Crippen LogP contribution in [0.4, 0.5) is 0 Å². The molecule has 2 N–H and O–H groups in total. The summed E-state index contributed by atoms with van der Waals surface area (Å²) in [6, 6.07) is 9.85. The Morgan fingerprint density at radius 3 is 2.43 bits per heavy atom. The van der Waals surface area contributed by atoms with E-state index >= 15 is 0 Å². The minimum absolute atomic E-state index is 0.0467. The van der Waals surface area contributed by atoms with Gasteiger partial charge >= 0.3 is 0 Å². The van der Waals surface area contributed by atoms with Crippen molar-refractivity contribution in [2.24, 2.45) is 17.7 Å². The summed E-state index contributed by atoms with van der Waals surface area (Å²) in [6.45, 7) is 1.88. The number of carbonyl (C=O) groups excluding carboxylic acids is 3. The molecule has 1 atom stereocenters. The Bertz CT molecular complexity index is 668. The fourth-order valence-electron chi connectivity index (χ4n) is 4.42. The monoisotopic (exact) mass is 414 g/mol. The predicted octanol–water partition coefficient (Wildman–Crippen LogP) is 4.63. The Kier molecular flexibility index (Phi) is 10.8. The summed E-state index contributed by atoms with van der Waals surface area (Å²) in [5.74, 6) is 6.18. The summed E-state index contributed by atoms with van der Waals surface area (Å²) in [5, 5.41) is 1.22. The van der Waals surface area contributed by atoms with Crippen molar-refractivity contribution in [3.05, 3.63) is 35.9 Å². The van der Waals surface area contributed by atoms with Gasteiger partial charge in [0.25, 0.3) is 0 Å². The number of rotatable bonds is 13. The van der Waals surface area contributed by atoms with Crippen molar-refractivity contribution in [3.8, 4) is 0 Å². The largest absolute Gasteiger partial charge is 0.300 e. The average Bonchev–Trinajstić information content (AvgIpc) is 2.75. The summed E-state index contributed by atoms with van der Waals surface area (Å²) in [7, 11) is 0. The summed E-state index contributed by atoms with van der Waals surface area (Å²) in [5.41, 5.74) is 1.11. The molecule has 1 aliphatic rings. The molecule has 0 aliphatic heterocycles. The van der Waals surface area contributed by atoms with E-state index in [-0.39, 0.29) is 23.9 Å². The molecule has 1 fully saturated rings. The first-order valence-electron chi connectivity index (χ1n) is 11.6. The lowest BCUT2D eigenvalue weighted by molar-refractivity contribution is -0.138. The number of hydrazine groups is 1. The minimum Gasteiger partial charge on any atom is -0.300 e. The van der Waals surface area contributed by atoms with Crippen molar-refractivity contribution in [3.63, 3.8) is 0 Å².